The normalized spacial score (nSPS) is 10.2. The van der Waals surface area contributed by atoms with Crippen LogP contribution in [0.5, 0.6) is 5.75 Å². The van der Waals surface area contributed by atoms with Crippen LogP contribution in [-0.4, -0.2) is 6.10 Å². The molecule has 1 aromatic rings. The summed E-state index contributed by atoms with van der Waals surface area (Å²) < 4.78 is 5.71. The number of benzene rings is 1. The molecule has 0 aliphatic carbocycles. The van der Waals surface area contributed by atoms with Crippen LogP contribution >= 0.6 is 0 Å². The molecule has 0 N–H and O–H groups in total. The maximum Gasteiger partial charge on any atom is 0.119 e. The van der Waals surface area contributed by atoms with E-state index in [1.807, 2.05) is 30.3 Å². The molecule has 1 heteroatoms. The monoisotopic (exact) mass is 164 g/mol. The van der Waals surface area contributed by atoms with Crippen molar-refractivity contribution in [3.8, 4) is 5.75 Å². The largest absolute Gasteiger partial charge is 0.490 e. The molecule has 0 aliphatic rings. The fourth-order valence-corrected chi connectivity index (χ4v) is 1.15. The van der Waals surface area contributed by atoms with Gasteiger partial charge in [0, 0.05) is 0 Å². The van der Waals surface area contributed by atoms with Gasteiger partial charge in [0.15, 0.2) is 0 Å². The third-order valence-corrected chi connectivity index (χ3v) is 1.96. The van der Waals surface area contributed by atoms with Crippen molar-refractivity contribution in [2.24, 2.45) is 0 Å². The molecule has 0 aromatic heterocycles. The number of hydrogen-bond donors (Lipinski definition) is 0. The Bertz CT molecular complexity index is 202. The lowest BCUT2D eigenvalue weighted by atomic mass is 10.2. The van der Waals surface area contributed by atoms with Gasteiger partial charge in [0.2, 0.25) is 0 Å². The molecule has 12 heavy (non-hydrogen) atoms. The highest BCUT2D eigenvalue weighted by molar-refractivity contribution is 5.21. The SMILES string of the molecule is CCC(CC)Oc1ccccc1. The zero-order chi connectivity index (χ0) is 8.81. The van der Waals surface area contributed by atoms with Crippen LogP contribution in [0.25, 0.3) is 0 Å². The van der Waals surface area contributed by atoms with Crippen molar-refractivity contribution in [1.82, 2.24) is 0 Å². The van der Waals surface area contributed by atoms with E-state index in [9.17, 15) is 0 Å². The molecule has 0 radical (unpaired) electrons. The first-order valence-corrected chi connectivity index (χ1v) is 4.58. The van der Waals surface area contributed by atoms with Gasteiger partial charge in [-0.05, 0) is 25.0 Å². The molecule has 0 saturated carbocycles. The molecule has 0 unspecified atom stereocenters. The van der Waals surface area contributed by atoms with E-state index in [1.54, 1.807) is 0 Å². The highest BCUT2D eigenvalue weighted by Gasteiger charge is 2.03. The Kier molecular flexibility index (Phi) is 3.65. The highest BCUT2D eigenvalue weighted by atomic mass is 16.5. The average Bonchev–Trinajstić information content (AvgIpc) is 2.16. The van der Waals surface area contributed by atoms with Gasteiger partial charge in [0.25, 0.3) is 0 Å². The molecule has 0 spiro atoms. The molecule has 1 nitrogen and oxygen atoms in total. The minimum absolute atomic E-state index is 0.368. The van der Waals surface area contributed by atoms with Crippen molar-refractivity contribution in [2.45, 2.75) is 32.8 Å². The van der Waals surface area contributed by atoms with E-state index in [4.69, 9.17) is 4.74 Å². The highest BCUT2D eigenvalue weighted by Crippen LogP contribution is 2.13. The fraction of sp³-hybridized carbons (Fsp3) is 0.455. The summed E-state index contributed by atoms with van der Waals surface area (Å²) in [5, 5.41) is 0. The summed E-state index contributed by atoms with van der Waals surface area (Å²) >= 11 is 0. The second-order valence-corrected chi connectivity index (χ2v) is 2.87. The van der Waals surface area contributed by atoms with Gasteiger partial charge in [-0.15, -0.1) is 0 Å². The lowest BCUT2D eigenvalue weighted by Crippen LogP contribution is -2.13. The minimum atomic E-state index is 0.368. The molecule has 0 aliphatic heterocycles. The number of rotatable bonds is 4. The first-order valence-electron chi connectivity index (χ1n) is 4.58. The molecule has 0 saturated heterocycles. The lowest BCUT2D eigenvalue weighted by molar-refractivity contribution is 0.193. The second kappa shape index (κ2) is 4.81. The lowest BCUT2D eigenvalue weighted by Gasteiger charge is -2.14. The molecule has 1 rings (SSSR count). The van der Waals surface area contributed by atoms with Crippen molar-refractivity contribution in [2.75, 3.05) is 0 Å². The number of hydrogen-bond acceptors (Lipinski definition) is 1. The summed E-state index contributed by atoms with van der Waals surface area (Å²) in [6.07, 6.45) is 2.52. The van der Waals surface area contributed by atoms with E-state index in [1.165, 1.54) is 0 Å². The molecule has 0 amide bonds. The summed E-state index contributed by atoms with van der Waals surface area (Å²) in [5.74, 6) is 0.978. The summed E-state index contributed by atoms with van der Waals surface area (Å²) in [6.45, 7) is 4.30. The number of ether oxygens (including phenoxy) is 1. The fourth-order valence-electron chi connectivity index (χ4n) is 1.15. The summed E-state index contributed by atoms with van der Waals surface area (Å²) in [4.78, 5) is 0. The van der Waals surface area contributed by atoms with Crippen LogP contribution in [0.15, 0.2) is 30.3 Å². The molecule has 0 fully saturated rings. The summed E-state index contributed by atoms with van der Waals surface area (Å²) in [7, 11) is 0. The van der Waals surface area contributed by atoms with Gasteiger partial charge in [-0.1, -0.05) is 32.0 Å². The van der Waals surface area contributed by atoms with Crippen molar-refractivity contribution in [3.63, 3.8) is 0 Å². The van der Waals surface area contributed by atoms with E-state index in [0.717, 1.165) is 18.6 Å². The van der Waals surface area contributed by atoms with Crippen molar-refractivity contribution in [3.05, 3.63) is 30.3 Å². The predicted octanol–water partition coefficient (Wildman–Crippen LogP) is 3.25. The van der Waals surface area contributed by atoms with Crippen LogP contribution in [0.4, 0.5) is 0 Å². The average molecular weight is 164 g/mol. The molecule has 0 atom stereocenters. The van der Waals surface area contributed by atoms with E-state index >= 15 is 0 Å². The molecule has 66 valence electrons. The van der Waals surface area contributed by atoms with Gasteiger partial charge in [0.05, 0.1) is 6.10 Å². The standard InChI is InChI=1S/C11H16O/c1-3-10(4-2)12-11-8-6-5-7-9-11/h5-10H,3-4H2,1-2H3. The summed E-state index contributed by atoms with van der Waals surface area (Å²) in [5.41, 5.74) is 0. The van der Waals surface area contributed by atoms with E-state index in [2.05, 4.69) is 13.8 Å². The van der Waals surface area contributed by atoms with Crippen molar-refractivity contribution in [1.29, 1.82) is 0 Å². The Labute approximate surface area is 74.4 Å². The van der Waals surface area contributed by atoms with Crippen LogP contribution in [-0.2, 0) is 0 Å². The molecule has 0 heterocycles. The van der Waals surface area contributed by atoms with Crippen molar-refractivity contribution >= 4 is 0 Å². The third-order valence-electron chi connectivity index (χ3n) is 1.96. The summed E-state index contributed by atoms with van der Waals surface area (Å²) in [6, 6.07) is 9.99. The Morgan fingerprint density at radius 3 is 2.17 bits per heavy atom. The maximum atomic E-state index is 5.71. The maximum absolute atomic E-state index is 5.71. The van der Waals surface area contributed by atoms with Gasteiger partial charge in [-0.3, -0.25) is 0 Å². The van der Waals surface area contributed by atoms with Crippen LogP contribution in [0.1, 0.15) is 26.7 Å². The Balaban J connectivity index is 2.51. The van der Waals surface area contributed by atoms with Gasteiger partial charge >= 0.3 is 0 Å². The molecule has 1 aromatic carbocycles. The van der Waals surface area contributed by atoms with Crippen LogP contribution in [0, 0.1) is 0 Å². The first-order chi connectivity index (χ1) is 5.86. The second-order valence-electron chi connectivity index (χ2n) is 2.87. The number of para-hydroxylation sites is 1. The molecular weight excluding hydrogens is 148 g/mol. The predicted molar refractivity (Wildman–Crippen MR) is 51.4 cm³/mol. The van der Waals surface area contributed by atoms with Gasteiger partial charge in [0.1, 0.15) is 5.75 Å². The van der Waals surface area contributed by atoms with Crippen molar-refractivity contribution < 1.29 is 4.74 Å². The van der Waals surface area contributed by atoms with Gasteiger partial charge in [-0.25, -0.2) is 0 Å². The van der Waals surface area contributed by atoms with Crippen LogP contribution in [0.3, 0.4) is 0 Å². The zero-order valence-electron chi connectivity index (χ0n) is 7.79. The molecule has 0 bridgehead atoms. The Morgan fingerprint density at radius 1 is 1.08 bits per heavy atom. The van der Waals surface area contributed by atoms with E-state index in [-0.39, 0.29) is 0 Å². The Morgan fingerprint density at radius 2 is 1.67 bits per heavy atom. The van der Waals surface area contributed by atoms with Crippen LogP contribution < -0.4 is 4.74 Å². The van der Waals surface area contributed by atoms with Gasteiger partial charge < -0.3 is 4.74 Å². The van der Waals surface area contributed by atoms with Crippen LogP contribution in [0.2, 0.25) is 0 Å². The zero-order valence-corrected chi connectivity index (χ0v) is 7.79. The first kappa shape index (κ1) is 9.11. The smallest absolute Gasteiger partial charge is 0.119 e. The minimum Gasteiger partial charge on any atom is -0.490 e. The third kappa shape index (κ3) is 2.57. The molecular formula is C11H16O. The van der Waals surface area contributed by atoms with Gasteiger partial charge in [-0.2, -0.15) is 0 Å². The van der Waals surface area contributed by atoms with E-state index in [0.29, 0.717) is 6.10 Å². The topological polar surface area (TPSA) is 9.23 Å². The van der Waals surface area contributed by atoms with E-state index < -0.39 is 0 Å². The Hall–Kier alpha value is -0.980. The quantitative estimate of drug-likeness (QED) is 0.663.